The van der Waals surface area contributed by atoms with Crippen LogP contribution >= 0.6 is 11.6 Å². The highest BCUT2D eigenvalue weighted by atomic mass is 35.5. The maximum Gasteiger partial charge on any atom is 0.326 e. The number of hydrogen-bond donors (Lipinski definition) is 3. The van der Waals surface area contributed by atoms with E-state index in [9.17, 15) is 14.7 Å². The molecule has 2 unspecified atom stereocenters. The number of amidine groups is 1. The van der Waals surface area contributed by atoms with E-state index in [0.29, 0.717) is 23.4 Å². The van der Waals surface area contributed by atoms with E-state index in [1.807, 2.05) is 42.5 Å². The second kappa shape index (κ2) is 8.85. The first-order valence-corrected chi connectivity index (χ1v) is 10.6. The number of nitrogens with zero attached hydrogens (tertiary/aromatic N) is 1. The Labute approximate surface area is 190 Å². The average molecular weight is 448 g/mol. The molecule has 0 bridgehead atoms. The molecule has 162 valence electrons. The molecule has 3 aromatic rings. The first-order valence-electron chi connectivity index (χ1n) is 10.2. The van der Waals surface area contributed by atoms with Crippen LogP contribution in [0.1, 0.15) is 40.4 Å². The molecule has 32 heavy (non-hydrogen) atoms. The lowest BCUT2D eigenvalue weighted by molar-refractivity contribution is -0.141. The number of benzene rings is 3. The summed E-state index contributed by atoms with van der Waals surface area (Å²) in [5.41, 5.74) is 8.85. The fourth-order valence-electron chi connectivity index (χ4n) is 4.31. The minimum atomic E-state index is -1.05. The van der Waals surface area contributed by atoms with Gasteiger partial charge in [0, 0.05) is 16.1 Å². The van der Waals surface area contributed by atoms with Gasteiger partial charge in [-0.05, 0) is 47.7 Å². The van der Waals surface area contributed by atoms with Crippen molar-refractivity contribution in [2.75, 3.05) is 0 Å². The van der Waals surface area contributed by atoms with Gasteiger partial charge >= 0.3 is 5.97 Å². The number of amides is 1. The van der Waals surface area contributed by atoms with E-state index in [2.05, 4.69) is 0 Å². The number of halogens is 1. The lowest BCUT2D eigenvalue weighted by atomic mass is 9.96. The molecular weight excluding hydrogens is 426 g/mol. The fraction of sp³-hybridized carbons (Fsp3) is 0.160. The number of hydrogen-bond acceptors (Lipinski definition) is 3. The number of nitrogen functional groups attached to an aromatic ring is 1. The molecule has 0 aliphatic carbocycles. The summed E-state index contributed by atoms with van der Waals surface area (Å²) in [6, 6.07) is 20.2. The van der Waals surface area contributed by atoms with Crippen molar-refractivity contribution in [2.45, 2.75) is 24.9 Å². The van der Waals surface area contributed by atoms with Crippen molar-refractivity contribution < 1.29 is 14.7 Å². The van der Waals surface area contributed by atoms with Crippen molar-refractivity contribution in [3.63, 3.8) is 0 Å². The summed E-state index contributed by atoms with van der Waals surface area (Å²) in [6.07, 6.45) is 0.826. The highest BCUT2D eigenvalue weighted by Crippen LogP contribution is 2.40. The summed E-state index contributed by atoms with van der Waals surface area (Å²) in [5, 5.41) is 18.3. The third-order valence-electron chi connectivity index (χ3n) is 5.81. The van der Waals surface area contributed by atoms with Crippen LogP contribution in [0.3, 0.4) is 0 Å². The number of aliphatic carboxylic acids is 1. The Hall–Kier alpha value is -3.64. The van der Waals surface area contributed by atoms with Crippen LogP contribution in [0.25, 0.3) is 11.1 Å². The van der Waals surface area contributed by atoms with Gasteiger partial charge in [-0.2, -0.15) is 0 Å². The Balaban J connectivity index is 1.77. The number of likely N-dealkylation sites (tertiary alicyclic amines) is 1. The monoisotopic (exact) mass is 447 g/mol. The molecule has 0 radical (unpaired) electrons. The first-order chi connectivity index (χ1) is 15.4. The van der Waals surface area contributed by atoms with E-state index in [1.54, 1.807) is 30.3 Å². The minimum Gasteiger partial charge on any atom is -0.480 e. The predicted molar refractivity (Wildman–Crippen MR) is 124 cm³/mol. The van der Waals surface area contributed by atoms with Gasteiger partial charge in [-0.3, -0.25) is 10.2 Å². The van der Waals surface area contributed by atoms with E-state index >= 15 is 0 Å². The quantitative estimate of drug-likeness (QED) is 0.388. The summed E-state index contributed by atoms with van der Waals surface area (Å²) in [6.45, 7) is 0. The summed E-state index contributed by atoms with van der Waals surface area (Å²) in [4.78, 5) is 26.9. The highest BCUT2D eigenvalue weighted by Gasteiger charge is 2.42. The third-order valence-corrected chi connectivity index (χ3v) is 6.15. The highest BCUT2D eigenvalue weighted by molar-refractivity contribution is 6.31. The molecule has 1 aliphatic rings. The van der Waals surface area contributed by atoms with E-state index < -0.39 is 24.0 Å². The number of carbonyl (C=O) groups excluding carboxylic acids is 1. The smallest absolute Gasteiger partial charge is 0.326 e. The lowest BCUT2D eigenvalue weighted by Crippen LogP contribution is -2.42. The zero-order valence-corrected chi connectivity index (χ0v) is 17.9. The number of carboxylic acid groups (broad SMARTS) is 1. The Morgan fingerprint density at radius 1 is 1.00 bits per heavy atom. The molecule has 4 N–H and O–H groups in total. The molecular formula is C25H22ClN3O3. The molecule has 3 aromatic carbocycles. The van der Waals surface area contributed by atoms with Gasteiger partial charge in [0.05, 0.1) is 6.04 Å². The van der Waals surface area contributed by atoms with Crippen LogP contribution in [0, 0.1) is 5.41 Å². The van der Waals surface area contributed by atoms with Gasteiger partial charge in [0.2, 0.25) is 0 Å². The topological polar surface area (TPSA) is 107 Å². The third kappa shape index (κ3) is 3.97. The molecule has 4 rings (SSSR count). The van der Waals surface area contributed by atoms with Crippen molar-refractivity contribution in [2.24, 2.45) is 5.73 Å². The van der Waals surface area contributed by atoms with Crippen LogP contribution in [0.15, 0.2) is 72.8 Å². The lowest BCUT2D eigenvalue weighted by Gasteiger charge is -2.29. The van der Waals surface area contributed by atoms with Gasteiger partial charge in [-0.25, -0.2) is 4.79 Å². The molecule has 7 heteroatoms. The summed E-state index contributed by atoms with van der Waals surface area (Å²) >= 11 is 6.37. The van der Waals surface area contributed by atoms with Gasteiger partial charge in [0.25, 0.3) is 5.91 Å². The van der Waals surface area contributed by atoms with Crippen molar-refractivity contribution in [3.05, 3.63) is 94.5 Å². The van der Waals surface area contributed by atoms with Crippen LogP contribution < -0.4 is 5.73 Å². The Kier molecular flexibility index (Phi) is 5.97. The number of nitrogens with one attached hydrogen (secondary N) is 1. The molecule has 0 saturated carbocycles. The van der Waals surface area contributed by atoms with Crippen molar-refractivity contribution in [3.8, 4) is 11.1 Å². The van der Waals surface area contributed by atoms with Crippen LogP contribution in [-0.2, 0) is 4.79 Å². The molecule has 1 fully saturated rings. The second-order valence-corrected chi connectivity index (χ2v) is 8.13. The Morgan fingerprint density at radius 3 is 2.34 bits per heavy atom. The zero-order valence-electron chi connectivity index (χ0n) is 17.2. The summed E-state index contributed by atoms with van der Waals surface area (Å²) in [7, 11) is 0. The molecule has 2 atom stereocenters. The standard InChI is InChI=1S/C25H22ClN3O3/c26-20-9-5-4-8-18(20)21-12-13-22(25(31)32)29(21)24(30)16-10-11-17(19(14-16)23(27)28)15-6-2-1-3-7-15/h1-11,14,21-22H,12-13H2,(H3,27,28)(H,31,32). The van der Waals surface area contributed by atoms with Gasteiger partial charge in [0.1, 0.15) is 11.9 Å². The van der Waals surface area contributed by atoms with Crippen LogP contribution in [0.2, 0.25) is 5.02 Å². The van der Waals surface area contributed by atoms with Crippen LogP contribution in [0.4, 0.5) is 0 Å². The van der Waals surface area contributed by atoms with Crippen molar-refractivity contribution in [1.82, 2.24) is 4.90 Å². The van der Waals surface area contributed by atoms with Gasteiger partial charge in [-0.15, -0.1) is 0 Å². The number of rotatable bonds is 5. The SMILES string of the molecule is N=C(N)c1cc(C(=O)N2C(C(=O)O)CCC2c2ccccc2Cl)ccc1-c1ccccc1. The number of carbonyl (C=O) groups is 2. The van der Waals surface area contributed by atoms with Crippen molar-refractivity contribution >= 4 is 29.3 Å². The minimum absolute atomic E-state index is 0.169. The van der Waals surface area contributed by atoms with E-state index in [0.717, 1.165) is 16.7 Å². The van der Waals surface area contributed by atoms with Gasteiger partial charge in [-0.1, -0.05) is 66.2 Å². The second-order valence-electron chi connectivity index (χ2n) is 7.72. The van der Waals surface area contributed by atoms with E-state index in [-0.39, 0.29) is 11.4 Å². The average Bonchev–Trinajstić information content (AvgIpc) is 3.24. The zero-order chi connectivity index (χ0) is 22.8. The van der Waals surface area contributed by atoms with Crippen LogP contribution in [-0.4, -0.2) is 33.8 Å². The van der Waals surface area contributed by atoms with Crippen LogP contribution in [0.5, 0.6) is 0 Å². The predicted octanol–water partition coefficient (Wildman–Crippen LogP) is 4.72. The fourth-order valence-corrected chi connectivity index (χ4v) is 4.57. The maximum atomic E-state index is 13.6. The van der Waals surface area contributed by atoms with E-state index in [4.69, 9.17) is 22.7 Å². The molecule has 0 spiro atoms. The molecule has 1 heterocycles. The van der Waals surface area contributed by atoms with Crippen molar-refractivity contribution in [1.29, 1.82) is 5.41 Å². The number of carboxylic acids is 1. The summed E-state index contributed by atoms with van der Waals surface area (Å²) < 4.78 is 0. The van der Waals surface area contributed by atoms with Gasteiger partial charge < -0.3 is 15.7 Å². The largest absolute Gasteiger partial charge is 0.480 e. The molecule has 1 saturated heterocycles. The van der Waals surface area contributed by atoms with Gasteiger partial charge in [0.15, 0.2) is 0 Å². The molecule has 1 aliphatic heterocycles. The van der Waals surface area contributed by atoms with E-state index in [1.165, 1.54) is 4.90 Å². The normalized spacial score (nSPS) is 17.8. The summed E-state index contributed by atoms with van der Waals surface area (Å²) in [5.74, 6) is -1.65. The first kappa shape index (κ1) is 21.6. The Bertz CT molecular complexity index is 1200. The maximum absolute atomic E-state index is 13.6. The Morgan fingerprint density at radius 2 is 1.69 bits per heavy atom. The number of nitrogens with two attached hydrogens (primary N) is 1. The molecule has 6 nitrogen and oxygen atoms in total. The molecule has 0 aromatic heterocycles. The molecule has 1 amide bonds.